The summed E-state index contributed by atoms with van der Waals surface area (Å²) in [6, 6.07) is 18.8. The highest BCUT2D eigenvalue weighted by Crippen LogP contribution is 2.27. The van der Waals surface area contributed by atoms with E-state index in [1.807, 2.05) is 18.2 Å². The molecule has 0 aliphatic heterocycles. The molecule has 1 atom stereocenters. The van der Waals surface area contributed by atoms with Crippen molar-refractivity contribution in [3.05, 3.63) is 65.7 Å². The number of carbonyl (C=O) groups is 1. The lowest BCUT2D eigenvalue weighted by molar-refractivity contribution is -0.117. The minimum atomic E-state index is 0.320. The molecule has 21 heavy (non-hydrogen) atoms. The van der Waals surface area contributed by atoms with Crippen molar-refractivity contribution in [3.63, 3.8) is 0 Å². The predicted molar refractivity (Wildman–Crippen MR) is 87.9 cm³/mol. The fourth-order valence-corrected chi connectivity index (χ4v) is 2.85. The summed E-state index contributed by atoms with van der Waals surface area (Å²) < 4.78 is 0. The Morgan fingerprint density at radius 2 is 1.62 bits per heavy atom. The van der Waals surface area contributed by atoms with Gasteiger partial charge in [0.1, 0.15) is 0 Å². The SMILES string of the molecule is C[C@@H]1CCC(=Cc2ccc(-c3ccccc3)cc2)C(=O)C1. The number of hydrogen-bond acceptors (Lipinski definition) is 1. The number of hydrogen-bond donors (Lipinski definition) is 0. The van der Waals surface area contributed by atoms with Gasteiger partial charge in [0, 0.05) is 6.42 Å². The Hall–Kier alpha value is -2.15. The molecule has 0 saturated heterocycles. The van der Waals surface area contributed by atoms with Gasteiger partial charge in [-0.3, -0.25) is 4.79 Å². The second kappa shape index (κ2) is 6.09. The highest BCUT2D eigenvalue weighted by atomic mass is 16.1. The summed E-state index contributed by atoms with van der Waals surface area (Å²) in [6.45, 7) is 2.16. The molecule has 0 unspecified atom stereocenters. The van der Waals surface area contributed by atoms with Gasteiger partial charge in [-0.1, -0.05) is 61.5 Å². The van der Waals surface area contributed by atoms with Crippen molar-refractivity contribution < 1.29 is 4.79 Å². The van der Waals surface area contributed by atoms with E-state index in [2.05, 4.69) is 49.4 Å². The zero-order valence-corrected chi connectivity index (χ0v) is 12.4. The van der Waals surface area contributed by atoms with Crippen molar-refractivity contribution in [1.82, 2.24) is 0 Å². The molecule has 1 aliphatic rings. The largest absolute Gasteiger partial charge is 0.295 e. The second-order valence-electron chi connectivity index (χ2n) is 5.93. The number of carbonyl (C=O) groups excluding carboxylic acids is 1. The maximum Gasteiger partial charge on any atom is 0.159 e. The first kappa shape index (κ1) is 13.8. The summed E-state index contributed by atoms with van der Waals surface area (Å²) in [5.41, 5.74) is 4.54. The van der Waals surface area contributed by atoms with Crippen LogP contribution in [0.5, 0.6) is 0 Å². The van der Waals surface area contributed by atoms with E-state index in [9.17, 15) is 4.79 Å². The summed E-state index contributed by atoms with van der Waals surface area (Å²) in [5.74, 6) is 0.857. The normalized spacial score (nSPS) is 20.7. The van der Waals surface area contributed by atoms with Crippen LogP contribution in [0.15, 0.2) is 60.2 Å². The Labute approximate surface area is 126 Å². The predicted octanol–water partition coefficient (Wildman–Crippen LogP) is 5.13. The molecular formula is C20H20O. The first-order valence-electron chi connectivity index (χ1n) is 7.61. The number of allylic oxidation sites excluding steroid dienone is 1. The number of ketones is 1. The minimum Gasteiger partial charge on any atom is -0.295 e. The number of rotatable bonds is 2. The molecule has 1 nitrogen and oxygen atoms in total. The van der Waals surface area contributed by atoms with E-state index in [0.29, 0.717) is 18.1 Å². The van der Waals surface area contributed by atoms with Crippen LogP contribution in [0.3, 0.4) is 0 Å². The van der Waals surface area contributed by atoms with Gasteiger partial charge >= 0.3 is 0 Å². The topological polar surface area (TPSA) is 17.1 Å². The van der Waals surface area contributed by atoms with Gasteiger partial charge in [-0.2, -0.15) is 0 Å². The summed E-state index contributed by atoms with van der Waals surface area (Å²) in [6.07, 6.45) is 4.80. The molecule has 0 radical (unpaired) electrons. The number of benzene rings is 2. The molecule has 0 bridgehead atoms. The van der Waals surface area contributed by atoms with Gasteiger partial charge in [-0.25, -0.2) is 0 Å². The summed E-state index contributed by atoms with van der Waals surface area (Å²) in [4.78, 5) is 12.0. The molecule has 1 fully saturated rings. The van der Waals surface area contributed by atoms with Crippen molar-refractivity contribution in [2.45, 2.75) is 26.2 Å². The minimum absolute atomic E-state index is 0.320. The van der Waals surface area contributed by atoms with Crippen LogP contribution in [0.2, 0.25) is 0 Å². The van der Waals surface area contributed by atoms with E-state index in [0.717, 1.165) is 24.0 Å². The van der Waals surface area contributed by atoms with Gasteiger partial charge in [0.2, 0.25) is 0 Å². The van der Waals surface area contributed by atoms with E-state index in [1.165, 1.54) is 11.1 Å². The Kier molecular flexibility index (Phi) is 4.01. The fraction of sp³-hybridized carbons (Fsp3) is 0.250. The first-order valence-corrected chi connectivity index (χ1v) is 7.61. The molecular weight excluding hydrogens is 256 g/mol. The van der Waals surface area contributed by atoms with E-state index in [4.69, 9.17) is 0 Å². The lowest BCUT2D eigenvalue weighted by atomic mass is 9.85. The summed E-state index contributed by atoms with van der Waals surface area (Å²) in [5, 5.41) is 0. The van der Waals surface area contributed by atoms with Crippen LogP contribution >= 0.6 is 0 Å². The highest BCUT2D eigenvalue weighted by Gasteiger charge is 2.20. The third-order valence-corrected chi connectivity index (χ3v) is 4.16. The third-order valence-electron chi connectivity index (χ3n) is 4.16. The monoisotopic (exact) mass is 276 g/mol. The Morgan fingerprint density at radius 3 is 2.29 bits per heavy atom. The van der Waals surface area contributed by atoms with Crippen LogP contribution in [0.1, 0.15) is 31.7 Å². The van der Waals surface area contributed by atoms with Crippen LogP contribution < -0.4 is 0 Å². The van der Waals surface area contributed by atoms with E-state index in [-0.39, 0.29) is 0 Å². The quantitative estimate of drug-likeness (QED) is 0.695. The van der Waals surface area contributed by atoms with E-state index < -0.39 is 0 Å². The van der Waals surface area contributed by atoms with E-state index in [1.54, 1.807) is 0 Å². The molecule has 2 aromatic rings. The first-order chi connectivity index (χ1) is 10.2. The molecule has 3 rings (SSSR count). The van der Waals surface area contributed by atoms with E-state index >= 15 is 0 Å². The standard InChI is InChI=1S/C20H20O/c1-15-7-10-19(20(21)13-15)14-16-8-11-18(12-9-16)17-5-3-2-4-6-17/h2-6,8-9,11-12,14-15H,7,10,13H2,1H3/t15-/m1/s1. The summed E-state index contributed by atoms with van der Waals surface area (Å²) in [7, 11) is 0. The number of Topliss-reactive ketones (excluding diaryl/α,β-unsaturated/α-hetero) is 1. The van der Waals surface area contributed by atoms with Crippen molar-refractivity contribution in [2.75, 3.05) is 0 Å². The highest BCUT2D eigenvalue weighted by molar-refractivity contribution is 6.00. The Morgan fingerprint density at radius 1 is 0.952 bits per heavy atom. The fourth-order valence-electron chi connectivity index (χ4n) is 2.85. The summed E-state index contributed by atoms with van der Waals surface area (Å²) >= 11 is 0. The van der Waals surface area contributed by atoms with Crippen molar-refractivity contribution in [2.24, 2.45) is 5.92 Å². The average Bonchev–Trinajstić information content (AvgIpc) is 2.52. The zero-order valence-electron chi connectivity index (χ0n) is 12.4. The van der Waals surface area contributed by atoms with Gasteiger partial charge in [0.15, 0.2) is 5.78 Å². The molecule has 0 amide bonds. The molecule has 2 aromatic carbocycles. The van der Waals surface area contributed by atoms with Crippen LogP contribution in [0.25, 0.3) is 17.2 Å². The molecule has 0 N–H and O–H groups in total. The van der Waals surface area contributed by atoms with Crippen molar-refractivity contribution in [1.29, 1.82) is 0 Å². The Balaban J connectivity index is 1.80. The lowest BCUT2D eigenvalue weighted by Gasteiger charge is -2.19. The van der Waals surface area contributed by atoms with Crippen LogP contribution in [-0.4, -0.2) is 5.78 Å². The van der Waals surface area contributed by atoms with Crippen LogP contribution in [0, 0.1) is 5.92 Å². The van der Waals surface area contributed by atoms with Gasteiger partial charge in [-0.15, -0.1) is 0 Å². The molecule has 1 saturated carbocycles. The molecule has 106 valence electrons. The molecule has 0 spiro atoms. The van der Waals surface area contributed by atoms with Crippen molar-refractivity contribution >= 4 is 11.9 Å². The van der Waals surface area contributed by atoms with Crippen molar-refractivity contribution in [3.8, 4) is 11.1 Å². The lowest BCUT2D eigenvalue weighted by Crippen LogP contribution is -2.15. The van der Waals surface area contributed by atoms with Gasteiger partial charge < -0.3 is 0 Å². The molecule has 1 aliphatic carbocycles. The van der Waals surface area contributed by atoms with Gasteiger partial charge in [0.25, 0.3) is 0 Å². The molecule has 0 heterocycles. The second-order valence-corrected chi connectivity index (χ2v) is 5.93. The van der Waals surface area contributed by atoms with Crippen LogP contribution in [0.4, 0.5) is 0 Å². The molecule has 0 aromatic heterocycles. The maximum absolute atomic E-state index is 12.0. The van der Waals surface area contributed by atoms with Gasteiger partial charge in [-0.05, 0) is 47.1 Å². The van der Waals surface area contributed by atoms with Gasteiger partial charge in [0.05, 0.1) is 0 Å². The maximum atomic E-state index is 12.0. The zero-order chi connectivity index (χ0) is 14.7. The third kappa shape index (κ3) is 3.30. The Bertz CT molecular complexity index is 650. The average molecular weight is 276 g/mol. The smallest absolute Gasteiger partial charge is 0.159 e. The molecule has 1 heteroatoms. The van der Waals surface area contributed by atoms with Crippen LogP contribution in [-0.2, 0) is 4.79 Å².